The van der Waals surface area contributed by atoms with E-state index in [1.165, 1.54) is 0 Å². The van der Waals surface area contributed by atoms with E-state index in [9.17, 15) is 4.79 Å². The van der Waals surface area contributed by atoms with Gasteiger partial charge < -0.3 is 15.8 Å². The van der Waals surface area contributed by atoms with Crippen molar-refractivity contribution in [2.24, 2.45) is 16.6 Å². The molecule has 1 saturated carbocycles. The summed E-state index contributed by atoms with van der Waals surface area (Å²) in [7, 11) is 1.60. The number of methoxy groups -OCH3 is 1. The Morgan fingerprint density at radius 2 is 2.33 bits per heavy atom. The molecule has 5 nitrogen and oxygen atoms in total. The molecule has 15 heavy (non-hydrogen) atoms. The molecular formula is C10H19N3O2. The Bertz CT molecular complexity index is 249. The SMILES string of the molecule is COCCNC(=O)C(C)N=C(N)C1CC1. The molecule has 0 aromatic heterocycles. The van der Waals surface area contributed by atoms with Gasteiger partial charge in [0.05, 0.1) is 12.4 Å². The Labute approximate surface area is 90.1 Å². The number of nitrogens with zero attached hydrogens (tertiary/aromatic N) is 1. The van der Waals surface area contributed by atoms with Crippen LogP contribution in [-0.4, -0.2) is 38.0 Å². The van der Waals surface area contributed by atoms with Crippen molar-refractivity contribution in [3.05, 3.63) is 0 Å². The molecule has 1 fully saturated rings. The van der Waals surface area contributed by atoms with Crippen LogP contribution >= 0.6 is 0 Å². The summed E-state index contributed by atoms with van der Waals surface area (Å²) in [6.45, 7) is 2.77. The van der Waals surface area contributed by atoms with Crippen LogP contribution in [0.15, 0.2) is 4.99 Å². The first-order valence-corrected chi connectivity index (χ1v) is 5.25. The molecule has 0 aliphatic heterocycles. The molecule has 1 unspecified atom stereocenters. The molecule has 0 spiro atoms. The molecule has 3 N–H and O–H groups in total. The summed E-state index contributed by atoms with van der Waals surface area (Å²) in [6.07, 6.45) is 2.21. The Hall–Kier alpha value is -1.10. The lowest BCUT2D eigenvalue weighted by molar-refractivity contribution is -0.122. The Morgan fingerprint density at radius 3 is 2.87 bits per heavy atom. The molecule has 0 bridgehead atoms. The van der Waals surface area contributed by atoms with E-state index in [1.54, 1.807) is 14.0 Å². The van der Waals surface area contributed by atoms with Crippen LogP contribution in [0.3, 0.4) is 0 Å². The number of hydrogen-bond acceptors (Lipinski definition) is 3. The number of nitrogens with one attached hydrogen (secondary N) is 1. The fraction of sp³-hybridized carbons (Fsp3) is 0.800. The summed E-state index contributed by atoms with van der Waals surface area (Å²) in [5, 5.41) is 2.72. The van der Waals surface area contributed by atoms with E-state index >= 15 is 0 Å². The number of hydrogen-bond donors (Lipinski definition) is 2. The highest BCUT2D eigenvalue weighted by Crippen LogP contribution is 2.28. The minimum atomic E-state index is -0.401. The number of amides is 1. The minimum absolute atomic E-state index is 0.101. The van der Waals surface area contributed by atoms with Gasteiger partial charge >= 0.3 is 0 Å². The van der Waals surface area contributed by atoms with Gasteiger partial charge in [-0.2, -0.15) is 0 Å². The summed E-state index contributed by atoms with van der Waals surface area (Å²) in [5.41, 5.74) is 5.72. The van der Waals surface area contributed by atoms with Crippen LogP contribution in [0.5, 0.6) is 0 Å². The fourth-order valence-electron chi connectivity index (χ4n) is 1.19. The number of aliphatic imine (C=N–C) groups is 1. The van der Waals surface area contributed by atoms with Gasteiger partial charge in [0.25, 0.3) is 0 Å². The van der Waals surface area contributed by atoms with Crippen LogP contribution in [0, 0.1) is 5.92 Å². The molecule has 1 aliphatic carbocycles. The number of rotatable bonds is 6. The first-order valence-electron chi connectivity index (χ1n) is 5.25. The largest absolute Gasteiger partial charge is 0.387 e. The number of carbonyl (C=O) groups excluding carboxylic acids is 1. The number of carbonyl (C=O) groups is 1. The summed E-state index contributed by atoms with van der Waals surface area (Å²) in [5.74, 6) is 0.930. The Morgan fingerprint density at radius 1 is 1.67 bits per heavy atom. The zero-order valence-corrected chi connectivity index (χ0v) is 9.32. The van der Waals surface area contributed by atoms with Gasteiger partial charge in [0, 0.05) is 19.6 Å². The standard InChI is InChI=1S/C10H19N3O2/c1-7(10(14)12-5-6-15-2)13-9(11)8-3-4-8/h7-8H,3-6H2,1-2H3,(H2,11,13)(H,12,14). The summed E-state index contributed by atoms with van der Waals surface area (Å²) < 4.78 is 4.83. The van der Waals surface area contributed by atoms with Crippen molar-refractivity contribution in [2.75, 3.05) is 20.3 Å². The lowest BCUT2D eigenvalue weighted by Gasteiger charge is -2.08. The fourth-order valence-corrected chi connectivity index (χ4v) is 1.19. The minimum Gasteiger partial charge on any atom is -0.387 e. The van der Waals surface area contributed by atoms with Crippen LogP contribution < -0.4 is 11.1 Å². The van der Waals surface area contributed by atoms with Gasteiger partial charge in [-0.05, 0) is 19.8 Å². The quantitative estimate of drug-likeness (QED) is 0.367. The molecule has 0 aromatic carbocycles. The number of nitrogens with two attached hydrogens (primary N) is 1. The van der Waals surface area contributed by atoms with Crippen molar-refractivity contribution in [3.63, 3.8) is 0 Å². The van der Waals surface area contributed by atoms with E-state index in [4.69, 9.17) is 10.5 Å². The smallest absolute Gasteiger partial charge is 0.244 e. The molecular weight excluding hydrogens is 194 g/mol. The Balaban J connectivity index is 2.28. The molecule has 1 amide bonds. The highest BCUT2D eigenvalue weighted by molar-refractivity contribution is 5.89. The molecule has 5 heteroatoms. The maximum atomic E-state index is 11.5. The maximum Gasteiger partial charge on any atom is 0.244 e. The molecule has 0 saturated heterocycles. The zero-order chi connectivity index (χ0) is 11.3. The van der Waals surface area contributed by atoms with Gasteiger partial charge in [-0.1, -0.05) is 0 Å². The summed E-state index contributed by atoms with van der Waals surface area (Å²) in [6, 6.07) is -0.401. The second-order valence-corrected chi connectivity index (χ2v) is 3.79. The van der Waals surface area contributed by atoms with Gasteiger partial charge in [0.2, 0.25) is 5.91 Å². The van der Waals surface area contributed by atoms with Crippen LogP contribution in [0.4, 0.5) is 0 Å². The van der Waals surface area contributed by atoms with E-state index in [2.05, 4.69) is 10.3 Å². The van der Waals surface area contributed by atoms with Crippen LogP contribution in [0.25, 0.3) is 0 Å². The first-order chi connectivity index (χ1) is 7.15. The van der Waals surface area contributed by atoms with Crippen LogP contribution in [0.1, 0.15) is 19.8 Å². The van der Waals surface area contributed by atoms with Crippen molar-refractivity contribution in [2.45, 2.75) is 25.8 Å². The van der Waals surface area contributed by atoms with Crippen molar-refractivity contribution < 1.29 is 9.53 Å². The molecule has 86 valence electrons. The second kappa shape index (κ2) is 5.70. The highest BCUT2D eigenvalue weighted by atomic mass is 16.5. The van der Waals surface area contributed by atoms with Gasteiger partial charge in [-0.15, -0.1) is 0 Å². The molecule has 1 rings (SSSR count). The van der Waals surface area contributed by atoms with Crippen LogP contribution in [-0.2, 0) is 9.53 Å². The maximum absolute atomic E-state index is 11.5. The summed E-state index contributed by atoms with van der Waals surface area (Å²) >= 11 is 0. The van der Waals surface area contributed by atoms with E-state index in [-0.39, 0.29) is 5.91 Å². The molecule has 0 heterocycles. The lowest BCUT2D eigenvalue weighted by Crippen LogP contribution is -2.35. The number of ether oxygens (including phenoxy) is 1. The normalized spacial score (nSPS) is 18.7. The van der Waals surface area contributed by atoms with Crippen molar-refractivity contribution >= 4 is 11.7 Å². The predicted octanol–water partition coefficient (Wildman–Crippen LogP) is -0.0953. The van der Waals surface area contributed by atoms with Crippen molar-refractivity contribution in [3.8, 4) is 0 Å². The average Bonchev–Trinajstić information content (AvgIpc) is 3.00. The van der Waals surface area contributed by atoms with Gasteiger partial charge in [0.1, 0.15) is 6.04 Å². The average molecular weight is 213 g/mol. The first kappa shape index (κ1) is 12.0. The third-order valence-corrected chi connectivity index (χ3v) is 2.32. The zero-order valence-electron chi connectivity index (χ0n) is 9.32. The summed E-state index contributed by atoms with van der Waals surface area (Å²) in [4.78, 5) is 15.6. The third kappa shape index (κ3) is 4.29. The van der Waals surface area contributed by atoms with Crippen molar-refractivity contribution in [1.29, 1.82) is 0 Å². The third-order valence-electron chi connectivity index (χ3n) is 2.32. The Kier molecular flexibility index (Phi) is 4.55. The van der Waals surface area contributed by atoms with E-state index in [0.29, 0.717) is 24.9 Å². The predicted molar refractivity (Wildman–Crippen MR) is 58.7 cm³/mol. The van der Waals surface area contributed by atoms with Crippen molar-refractivity contribution in [1.82, 2.24) is 5.32 Å². The van der Waals surface area contributed by atoms with E-state index in [0.717, 1.165) is 12.8 Å². The second-order valence-electron chi connectivity index (χ2n) is 3.79. The molecule has 0 aromatic rings. The molecule has 0 radical (unpaired) electrons. The van der Waals surface area contributed by atoms with E-state index in [1.807, 2.05) is 0 Å². The van der Waals surface area contributed by atoms with Gasteiger partial charge in [0.15, 0.2) is 0 Å². The monoisotopic (exact) mass is 213 g/mol. The molecule has 1 atom stereocenters. The topological polar surface area (TPSA) is 76.7 Å². The number of amidine groups is 1. The highest BCUT2D eigenvalue weighted by Gasteiger charge is 2.26. The molecule has 1 aliphatic rings. The lowest BCUT2D eigenvalue weighted by atomic mass is 10.3. The van der Waals surface area contributed by atoms with Gasteiger partial charge in [-0.25, -0.2) is 0 Å². The van der Waals surface area contributed by atoms with Gasteiger partial charge in [-0.3, -0.25) is 9.79 Å². The van der Waals surface area contributed by atoms with E-state index < -0.39 is 6.04 Å². The van der Waals surface area contributed by atoms with Crippen LogP contribution in [0.2, 0.25) is 0 Å².